The van der Waals surface area contributed by atoms with E-state index in [2.05, 4.69) is 10.2 Å². The highest BCUT2D eigenvalue weighted by Crippen LogP contribution is 2.19. The maximum absolute atomic E-state index is 13.1. The molecule has 1 aromatic carbocycles. The topological polar surface area (TPSA) is 15.3 Å². The summed E-state index contributed by atoms with van der Waals surface area (Å²) < 4.78 is 13.1. The summed E-state index contributed by atoms with van der Waals surface area (Å²) in [4.78, 5) is 2.14. The summed E-state index contributed by atoms with van der Waals surface area (Å²) in [6, 6.07) is 6.82. The molecule has 1 saturated heterocycles. The molecule has 3 heteroatoms. The number of nitrogens with one attached hydrogen (secondary N) is 1. The van der Waals surface area contributed by atoms with E-state index >= 15 is 0 Å². The maximum Gasteiger partial charge on any atom is 0.125 e. The second-order valence-corrected chi connectivity index (χ2v) is 4.88. The number of piperidine rings is 1. The van der Waals surface area contributed by atoms with Gasteiger partial charge in [0.25, 0.3) is 0 Å². The zero-order valence-corrected chi connectivity index (χ0v) is 10.5. The summed E-state index contributed by atoms with van der Waals surface area (Å²) in [5, 5.41) is 3.38. The number of nitrogens with zero attached hydrogens (tertiary/aromatic N) is 1. The molecule has 2 nitrogen and oxygen atoms in total. The molecule has 1 aromatic rings. The first kappa shape index (κ1) is 12.4. The van der Waals surface area contributed by atoms with Crippen molar-refractivity contribution >= 4 is 5.69 Å². The Balaban J connectivity index is 1.82. The van der Waals surface area contributed by atoms with Gasteiger partial charge in [0.1, 0.15) is 5.82 Å². The summed E-state index contributed by atoms with van der Waals surface area (Å²) in [5.74, 6) is 0.670. The van der Waals surface area contributed by atoms with Crippen molar-refractivity contribution in [3.8, 4) is 0 Å². The van der Waals surface area contributed by atoms with Crippen molar-refractivity contribution in [3.05, 3.63) is 30.1 Å². The van der Waals surface area contributed by atoms with Gasteiger partial charge < -0.3 is 10.2 Å². The molecule has 0 unspecified atom stereocenters. The highest BCUT2D eigenvalue weighted by atomic mass is 19.1. The number of halogens is 1. The van der Waals surface area contributed by atoms with Crippen molar-refractivity contribution in [2.45, 2.75) is 19.3 Å². The SMILES string of the molecule is CN(CCC1CCNCC1)c1cccc(F)c1. The van der Waals surface area contributed by atoms with Gasteiger partial charge in [-0.05, 0) is 56.5 Å². The lowest BCUT2D eigenvalue weighted by Crippen LogP contribution is -2.30. The molecule has 0 aliphatic carbocycles. The van der Waals surface area contributed by atoms with Gasteiger partial charge in [0.2, 0.25) is 0 Å². The van der Waals surface area contributed by atoms with E-state index in [0.29, 0.717) is 0 Å². The average molecular weight is 236 g/mol. The van der Waals surface area contributed by atoms with Gasteiger partial charge in [-0.15, -0.1) is 0 Å². The van der Waals surface area contributed by atoms with Crippen LogP contribution < -0.4 is 10.2 Å². The Kier molecular flexibility index (Phi) is 4.37. The predicted octanol–water partition coefficient (Wildman–Crippen LogP) is 2.65. The summed E-state index contributed by atoms with van der Waals surface area (Å²) in [5.41, 5.74) is 0.971. The first-order valence-corrected chi connectivity index (χ1v) is 6.43. The molecule has 94 valence electrons. The molecule has 1 N–H and O–H groups in total. The maximum atomic E-state index is 13.1. The van der Waals surface area contributed by atoms with Gasteiger partial charge >= 0.3 is 0 Å². The Labute approximate surface area is 103 Å². The third kappa shape index (κ3) is 3.70. The van der Waals surface area contributed by atoms with Gasteiger partial charge in [-0.2, -0.15) is 0 Å². The van der Waals surface area contributed by atoms with Gasteiger partial charge in [-0.1, -0.05) is 6.07 Å². The molecule has 0 bridgehead atoms. The van der Waals surface area contributed by atoms with E-state index in [1.165, 1.54) is 25.3 Å². The van der Waals surface area contributed by atoms with Gasteiger partial charge in [0.15, 0.2) is 0 Å². The van der Waals surface area contributed by atoms with Crippen LogP contribution in [0, 0.1) is 11.7 Å². The minimum Gasteiger partial charge on any atom is -0.375 e. The molecule has 1 heterocycles. The lowest BCUT2D eigenvalue weighted by atomic mass is 9.94. The van der Waals surface area contributed by atoms with Crippen molar-refractivity contribution in [2.75, 3.05) is 31.6 Å². The zero-order valence-electron chi connectivity index (χ0n) is 10.5. The predicted molar refractivity (Wildman–Crippen MR) is 69.9 cm³/mol. The number of anilines is 1. The minimum absolute atomic E-state index is 0.156. The first-order valence-electron chi connectivity index (χ1n) is 6.43. The van der Waals surface area contributed by atoms with Crippen LogP contribution in [0.25, 0.3) is 0 Å². The minimum atomic E-state index is -0.156. The third-order valence-corrected chi connectivity index (χ3v) is 3.58. The molecule has 0 aromatic heterocycles. The van der Waals surface area contributed by atoms with Crippen LogP contribution in [-0.2, 0) is 0 Å². The van der Waals surface area contributed by atoms with Crippen molar-refractivity contribution in [3.63, 3.8) is 0 Å². The Morgan fingerprint density at radius 1 is 1.35 bits per heavy atom. The number of rotatable bonds is 4. The van der Waals surface area contributed by atoms with Crippen LogP contribution in [0.4, 0.5) is 10.1 Å². The molecule has 0 radical (unpaired) electrons. The molecule has 0 atom stereocenters. The van der Waals surface area contributed by atoms with Crippen LogP contribution in [-0.4, -0.2) is 26.7 Å². The highest BCUT2D eigenvalue weighted by Gasteiger charge is 2.13. The van der Waals surface area contributed by atoms with E-state index in [0.717, 1.165) is 31.2 Å². The molecule has 17 heavy (non-hydrogen) atoms. The Morgan fingerprint density at radius 3 is 2.82 bits per heavy atom. The quantitative estimate of drug-likeness (QED) is 0.864. The van der Waals surface area contributed by atoms with Gasteiger partial charge in [-0.25, -0.2) is 4.39 Å². The first-order chi connectivity index (χ1) is 8.25. The monoisotopic (exact) mass is 236 g/mol. The molecule has 0 saturated carbocycles. The standard InChI is InChI=1S/C14H21FN2/c1-17(14-4-2-3-13(15)11-14)10-7-12-5-8-16-9-6-12/h2-4,11-12,16H,5-10H2,1H3. The second-order valence-electron chi connectivity index (χ2n) is 4.88. The normalized spacial score (nSPS) is 17.1. The van der Waals surface area contributed by atoms with Crippen LogP contribution in [0.5, 0.6) is 0 Å². The van der Waals surface area contributed by atoms with Crippen molar-refractivity contribution in [1.82, 2.24) is 5.32 Å². The smallest absolute Gasteiger partial charge is 0.125 e. The lowest BCUT2D eigenvalue weighted by Gasteiger charge is -2.26. The van der Waals surface area contributed by atoms with Gasteiger partial charge in [0.05, 0.1) is 0 Å². The fourth-order valence-corrected chi connectivity index (χ4v) is 2.39. The van der Waals surface area contributed by atoms with E-state index in [1.54, 1.807) is 12.1 Å². The van der Waals surface area contributed by atoms with Crippen molar-refractivity contribution in [2.24, 2.45) is 5.92 Å². The summed E-state index contributed by atoms with van der Waals surface area (Å²) in [6.45, 7) is 3.30. The summed E-state index contributed by atoms with van der Waals surface area (Å²) in [7, 11) is 2.04. The lowest BCUT2D eigenvalue weighted by molar-refractivity contribution is 0.356. The van der Waals surface area contributed by atoms with Crippen LogP contribution in [0.15, 0.2) is 24.3 Å². The molecule has 0 spiro atoms. The molecule has 1 aliphatic rings. The van der Waals surface area contributed by atoms with E-state index in [-0.39, 0.29) is 5.82 Å². The van der Waals surface area contributed by atoms with Crippen molar-refractivity contribution < 1.29 is 4.39 Å². The second kappa shape index (κ2) is 6.01. The highest BCUT2D eigenvalue weighted by molar-refractivity contribution is 5.45. The number of hydrogen-bond acceptors (Lipinski definition) is 2. The van der Waals surface area contributed by atoms with Crippen molar-refractivity contribution in [1.29, 1.82) is 0 Å². The molecular weight excluding hydrogens is 215 g/mol. The summed E-state index contributed by atoms with van der Waals surface area (Å²) in [6.07, 6.45) is 3.75. The molecule has 0 amide bonds. The van der Waals surface area contributed by atoms with Crippen LogP contribution in [0.1, 0.15) is 19.3 Å². The summed E-state index contributed by atoms with van der Waals surface area (Å²) >= 11 is 0. The molecular formula is C14H21FN2. The van der Waals surface area contributed by atoms with Gasteiger partial charge in [-0.3, -0.25) is 0 Å². The van der Waals surface area contributed by atoms with Gasteiger partial charge in [0, 0.05) is 19.3 Å². The van der Waals surface area contributed by atoms with E-state index in [4.69, 9.17) is 0 Å². The zero-order chi connectivity index (χ0) is 12.1. The molecule has 1 fully saturated rings. The Morgan fingerprint density at radius 2 is 2.12 bits per heavy atom. The molecule has 2 rings (SSSR count). The van der Waals surface area contributed by atoms with Crippen LogP contribution in [0.2, 0.25) is 0 Å². The fourth-order valence-electron chi connectivity index (χ4n) is 2.39. The van der Waals surface area contributed by atoms with Crippen LogP contribution in [0.3, 0.4) is 0 Å². The number of hydrogen-bond donors (Lipinski definition) is 1. The number of benzene rings is 1. The largest absolute Gasteiger partial charge is 0.375 e. The van der Waals surface area contributed by atoms with E-state index < -0.39 is 0 Å². The molecule has 1 aliphatic heterocycles. The van der Waals surface area contributed by atoms with E-state index in [1.807, 2.05) is 13.1 Å². The Bertz CT molecular complexity index is 348. The average Bonchev–Trinajstić information content (AvgIpc) is 2.37. The van der Waals surface area contributed by atoms with Crippen LogP contribution >= 0.6 is 0 Å². The Hall–Kier alpha value is -1.09. The fraction of sp³-hybridized carbons (Fsp3) is 0.571. The third-order valence-electron chi connectivity index (χ3n) is 3.58. The van der Waals surface area contributed by atoms with E-state index in [9.17, 15) is 4.39 Å².